The molecule has 1 amide bonds. The molecule has 0 radical (unpaired) electrons. The number of sulfonamides is 1. The van der Waals surface area contributed by atoms with Gasteiger partial charge >= 0.3 is 0 Å². The third-order valence-electron chi connectivity index (χ3n) is 4.63. The predicted molar refractivity (Wildman–Crippen MR) is 107 cm³/mol. The van der Waals surface area contributed by atoms with Crippen LogP contribution in [-0.4, -0.2) is 45.4 Å². The maximum absolute atomic E-state index is 13.0. The molecule has 0 aromatic heterocycles. The monoisotopic (exact) mass is 394 g/mol. The molecule has 2 rings (SSSR count). The van der Waals surface area contributed by atoms with Gasteiger partial charge in [0.1, 0.15) is 10.6 Å². The highest BCUT2D eigenvalue weighted by Crippen LogP contribution is 2.29. The summed E-state index contributed by atoms with van der Waals surface area (Å²) in [7, 11) is -2.15. The van der Waals surface area contributed by atoms with Crippen LogP contribution in [0, 0.1) is 0 Å². The molecule has 27 heavy (non-hydrogen) atoms. The minimum atomic E-state index is -3.61. The number of rotatable bonds is 9. The second-order valence-electron chi connectivity index (χ2n) is 6.71. The molecule has 0 atom stereocenters. The van der Waals surface area contributed by atoms with E-state index >= 15 is 0 Å². The van der Waals surface area contributed by atoms with E-state index < -0.39 is 10.0 Å². The number of nitrogens with zero attached hydrogens (tertiary/aromatic N) is 1. The fraction of sp³-hybridized carbons (Fsp3) is 0.550. The number of benzene rings is 1. The van der Waals surface area contributed by atoms with Gasteiger partial charge in [-0.25, -0.2) is 8.42 Å². The molecule has 1 aromatic rings. The first-order chi connectivity index (χ1) is 13.0. The molecule has 0 unspecified atom stereocenters. The van der Waals surface area contributed by atoms with Crippen molar-refractivity contribution in [2.24, 2.45) is 0 Å². The van der Waals surface area contributed by atoms with Crippen LogP contribution in [0.3, 0.4) is 0 Å². The molecule has 0 aliphatic carbocycles. The van der Waals surface area contributed by atoms with Crippen LogP contribution in [-0.2, 0) is 14.8 Å². The van der Waals surface area contributed by atoms with E-state index in [9.17, 15) is 13.2 Å². The van der Waals surface area contributed by atoms with Crippen LogP contribution in [0.4, 0.5) is 0 Å². The largest absolute Gasteiger partial charge is 0.495 e. The van der Waals surface area contributed by atoms with Crippen molar-refractivity contribution in [3.63, 3.8) is 0 Å². The van der Waals surface area contributed by atoms with E-state index in [2.05, 4.69) is 12.2 Å². The summed E-state index contributed by atoms with van der Waals surface area (Å²) in [5.74, 6) is 0.143. The minimum Gasteiger partial charge on any atom is -0.495 e. The van der Waals surface area contributed by atoms with Gasteiger partial charge in [-0.3, -0.25) is 4.79 Å². The number of hydrogen-bond acceptors (Lipinski definition) is 4. The van der Waals surface area contributed by atoms with Crippen LogP contribution >= 0.6 is 0 Å². The average molecular weight is 395 g/mol. The number of carbonyl (C=O) groups excluding carboxylic acids is 1. The fourth-order valence-corrected chi connectivity index (χ4v) is 4.77. The van der Waals surface area contributed by atoms with E-state index in [1.165, 1.54) is 17.5 Å². The summed E-state index contributed by atoms with van der Waals surface area (Å²) in [6.45, 7) is 3.83. The molecule has 1 heterocycles. The Morgan fingerprint density at radius 3 is 2.63 bits per heavy atom. The van der Waals surface area contributed by atoms with Gasteiger partial charge in [0.15, 0.2) is 0 Å². The van der Waals surface area contributed by atoms with Crippen molar-refractivity contribution in [2.75, 3.05) is 26.7 Å². The number of piperidine rings is 1. The zero-order chi connectivity index (χ0) is 19.7. The van der Waals surface area contributed by atoms with Gasteiger partial charge in [0, 0.05) is 25.7 Å². The summed E-state index contributed by atoms with van der Waals surface area (Å²) in [5, 5.41) is 2.83. The van der Waals surface area contributed by atoms with Crippen molar-refractivity contribution >= 4 is 22.0 Å². The second kappa shape index (κ2) is 10.5. The van der Waals surface area contributed by atoms with Crippen molar-refractivity contribution < 1.29 is 17.9 Å². The molecular formula is C20H30N2O4S. The Kier molecular flexibility index (Phi) is 8.31. The van der Waals surface area contributed by atoms with Gasteiger partial charge in [0.25, 0.3) is 0 Å². The van der Waals surface area contributed by atoms with Crippen LogP contribution in [0.25, 0.3) is 6.08 Å². The summed E-state index contributed by atoms with van der Waals surface area (Å²) in [6, 6.07) is 4.95. The number of ether oxygens (including phenoxy) is 1. The van der Waals surface area contributed by atoms with E-state index in [0.717, 1.165) is 38.5 Å². The van der Waals surface area contributed by atoms with E-state index in [-0.39, 0.29) is 10.8 Å². The molecule has 150 valence electrons. The summed E-state index contributed by atoms with van der Waals surface area (Å²) in [4.78, 5) is 12.0. The minimum absolute atomic E-state index is 0.150. The first kappa shape index (κ1) is 21.4. The van der Waals surface area contributed by atoms with Crippen molar-refractivity contribution in [2.45, 2.75) is 50.3 Å². The van der Waals surface area contributed by atoms with Crippen LogP contribution < -0.4 is 10.1 Å². The normalized spacial score (nSPS) is 15.8. The number of methoxy groups -OCH3 is 1. The molecule has 6 nitrogen and oxygen atoms in total. The maximum Gasteiger partial charge on any atom is 0.246 e. The SMILES string of the molecule is CCCCCNC(=O)/C=C/c1ccc(OC)c(S(=O)(=O)N2CCCCC2)c1. The Bertz CT molecular complexity index is 753. The number of hydrogen-bond donors (Lipinski definition) is 1. The number of carbonyl (C=O) groups is 1. The fourth-order valence-electron chi connectivity index (χ4n) is 3.06. The quantitative estimate of drug-likeness (QED) is 0.515. The lowest BCUT2D eigenvalue weighted by molar-refractivity contribution is -0.116. The molecule has 0 saturated carbocycles. The van der Waals surface area contributed by atoms with Crippen molar-refractivity contribution in [1.82, 2.24) is 9.62 Å². The lowest BCUT2D eigenvalue weighted by Gasteiger charge is -2.26. The second-order valence-corrected chi connectivity index (χ2v) is 8.61. The van der Waals surface area contributed by atoms with E-state index in [0.29, 0.717) is 30.9 Å². The zero-order valence-corrected chi connectivity index (χ0v) is 17.1. The van der Waals surface area contributed by atoms with Gasteiger partial charge in [0.05, 0.1) is 7.11 Å². The smallest absolute Gasteiger partial charge is 0.246 e. The van der Waals surface area contributed by atoms with Crippen molar-refractivity contribution in [1.29, 1.82) is 0 Å². The molecule has 7 heteroatoms. The number of amides is 1. The zero-order valence-electron chi connectivity index (χ0n) is 16.2. The average Bonchev–Trinajstić information content (AvgIpc) is 2.70. The molecule has 0 bridgehead atoms. The first-order valence-electron chi connectivity index (χ1n) is 9.63. The maximum atomic E-state index is 13.0. The van der Waals surface area contributed by atoms with E-state index in [4.69, 9.17) is 4.74 Å². The van der Waals surface area contributed by atoms with Crippen LogP contribution in [0.1, 0.15) is 51.0 Å². The number of nitrogens with one attached hydrogen (secondary N) is 1. The molecule has 1 saturated heterocycles. The van der Waals surface area contributed by atoms with Gasteiger partial charge in [0.2, 0.25) is 15.9 Å². The highest BCUT2D eigenvalue weighted by atomic mass is 32.2. The third-order valence-corrected chi connectivity index (χ3v) is 6.55. The summed E-state index contributed by atoms with van der Waals surface area (Å²) in [5.41, 5.74) is 0.648. The Hall–Kier alpha value is -1.86. The molecule has 1 aromatic carbocycles. The summed E-state index contributed by atoms with van der Waals surface area (Å²) in [6.07, 6.45) is 9.01. The van der Waals surface area contributed by atoms with Gasteiger partial charge in [-0.15, -0.1) is 0 Å². The van der Waals surface area contributed by atoms with Crippen molar-refractivity contribution in [3.8, 4) is 5.75 Å². The number of unbranched alkanes of at least 4 members (excludes halogenated alkanes) is 2. The molecule has 1 aliphatic heterocycles. The Labute approximate surface area is 162 Å². The molecule has 1 fully saturated rings. The highest BCUT2D eigenvalue weighted by Gasteiger charge is 2.28. The van der Waals surface area contributed by atoms with Crippen LogP contribution in [0.15, 0.2) is 29.2 Å². The van der Waals surface area contributed by atoms with Crippen LogP contribution in [0.5, 0.6) is 5.75 Å². The third kappa shape index (κ3) is 6.07. The predicted octanol–water partition coefficient (Wildman–Crippen LogP) is 3.19. The lowest BCUT2D eigenvalue weighted by atomic mass is 10.2. The van der Waals surface area contributed by atoms with E-state index in [1.807, 2.05) is 0 Å². The molecule has 1 aliphatic rings. The Morgan fingerprint density at radius 2 is 1.96 bits per heavy atom. The molecule has 0 spiro atoms. The van der Waals surface area contributed by atoms with Crippen molar-refractivity contribution in [3.05, 3.63) is 29.8 Å². The van der Waals surface area contributed by atoms with Gasteiger partial charge in [-0.05, 0) is 43.0 Å². The summed E-state index contributed by atoms with van der Waals surface area (Å²) < 4.78 is 32.8. The van der Waals surface area contributed by atoms with Crippen LogP contribution in [0.2, 0.25) is 0 Å². The first-order valence-corrected chi connectivity index (χ1v) is 11.1. The standard InChI is InChI=1S/C20H30N2O4S/c1-3-4-6-13-21-20(23)12-10-17-9-11-18(26-2)19(16-17)27(24,25)22-14-7-5-8-15-22/h9-12,16H,3-8,13-15H2,1-2H3,(H,21,23)/b12-10+. The molecule has 1 N–H and O–H groups in total. The molecular weight excluding hydrogens is 364 g/mol. The van der Waals surface area contributed by atoms with Gasteiger partial charge in [-0.1, -0.05) is 32.3 Å². The van der Waals surface area contributed by atoms with Gasteiger partial charge < -0.3 is 10.1 Å². The van der Waals surface area contributed by atoms with E-state index in [1.54, 1.807) is 24.3 Å². The Morgan fingerprint density at radius 1 is 1.22 bits per heavy atom. The summed E-state index contributed by atoms with van der Waals surface area (Å²) >= 11 is 0. The topological polar surface area (TPSA) is 75.7 Å². The Balaban J connectivity index is 2.14. The highest BCUT2D eigenvalue weighted by molar-refractivity contribution is 7.89. The lowest BCUT2D eigenvalue weighted by Crippen LogP contribution is -2.35. The van der Waals surface area contributed by atoms with Gasteiger partial charge in [-0.2, -0.15) is 4.31 Å².